The lowest BCUT2D eigenvalue weighted by Crippen LogP contribution is -2.59. The molecule has 244 valence electrons. The van der Waals surface area contributed by atoms with Crippen molar-refractivity contribution in [2.45, 2.75) is 30.1 Å². The molecular weight excluding hydrogens is 765 g/mol. The molecule has 0 spiro atoms. The molecule has 19 heteroatoms. The number of hydrogen-bond donors (Lipinski definition) is 1. The predicted molar refractivity (Wildman–Crippen MR) is 137 cm³/mol. The van der Waals surface area contributed by atoms with E-state index in [-0.39, 0.29) is 0 Å². The highest BCUT2D eigenvalue weighted by Crippen LogP contribution is 2.59. The number of amides is 2. The lowest BCUT2D eigenvalue weighted by atomic mass is 9.86. The fourth-order valence-electron chi connectivity index (χ4n) is 3.93. The molecule has 0 aliphatic carbocycles. The summed E-state index contributed by atoms with van der Waals surface area (Å²) in [5.74, 6) is -12.8. The van der Waals surface area contributed by atoms with Crippen LogP contribution in [0.2, 0.25) is 0 Å². The maximum Gasteiger partial charge on any atom is 0.457 e. The number of anilines is 2. The molecule has 0 radical (unpaired) electrons. The molecule has 0 aromatic heterocycles. The van der Waals surface area contributed by atoms with Crippen LogP contribution in [-0.4, -0.2) is 37.1 Å². The highest BCUT2D eigenvalue weighted by atomic mass is 127. The van der Waals surface area contributed by atoms with Crippen LogP contribution in [0.3, 0.4) is 0 Å². The highest BCUT2D eigenvalue weighted by Gasteiger charge is 2.82. The summed E-state index contributed by atoms with van der Waals surface area (Å²) < 4.78 is 191. The average Bonchev–Trinajstić information content (AvgIpc) is 2.91. The summed E-state index contributed by atoms with van der Waals surface area (Å²) in [7, 11) is 0.943. The Morgan fingerprint density at radius 1 is 0.756 bits per heavy atom. The SMILES string of the molecule is CN(C(=O)c1ccccc1F)c1cccc(C(=O)Nc2c(I)cc(C(F)(C(F)(F)F)C(F)(F)C(F)(F)F)cc2C(F)(F)F)c1F. The second-order valence-electron chi connectivity index (χ2n) is 9.04. The Bertz CT molecular complexity index is 1640. The molecule has 3 aromatic rings. The summed E-state index contributed by atoms with van der Waals surface area (Å²) in [4.78, 5) is 26.1. The molecule has 3 aromatic carbocycles. The molecule has 0 aliphatic rings. The molecule has 0 heterocycles. The molecule has 1 unspecified atom stereocenters. The van der Waals surface area contributed by atoms with Crippen molar-refractivity contribution < 1.29 is 71.1 Å². The van der Waals surface area contributed by atoms with Gasteiger partial charge in [0.15, 0.2) is 5.82 Å². The van der Waals surface area contributed by atoms with Gasteiger partial charge in [0.25, 0.3) is 11.8 Å². The lowest BCUT2D eigenvalue weighted by Gasteiger charge is -2.36. The number of alkyl halides is 12. The van der Waals surface area contributed by atoms with Crippen molar-refractivity contribution >= 4 is 45.8 Å². The van der Waals surface area contributed by atoms with E-state index >= 15 is 4.39 Å². The Labute approximate surface area is 256 Å². The van der Waals surface area contributed by atoms with Gasteiger partial charge in [-0.05, 0) is 59.0 Å². The fourth-order valence-corrected chi connectivity index (χ4v) is 4.70. The zero-order valence-corrected chi connectivity index (χ0v) is 23.8. The third-order valence-electron chi connectivity index (χ3n) is 6.20. The number of carbonyl (C=O) groups is 2. The molecule has 3 rings (SSSR count). The van der Waals surface area contributed by atoms with Crippen LogP contribution in [0.5, 0.6) is 0 Å². The Morgan fingerprint density at radius 2 is 1.31 bits per heavy atom. The maximum atomic E-state index is 15.3. The van der Waals surface area contributed by atoms with E-state index in [0.717, 1.165) is 31.3 Å². The summed E-state index contributed by atoms with van der Waals surface area (Å²) in [5.41, 5.74) is -15.9. The largest absolute Gasteiger partial charge is 0.457 e. The fraction of sp³-hybridized carbons (Fsp3) is 0.231. The zero-order chi connectivity index (χ0) is 34.5. The van der Waals surface area contributed by atoms with Gasteiger partial charge in [-0.2, -0.15) is 48.3 Å². The molecule has 0 bridgehead atoms. The van der Waals surface area contributed by atoms with E-state index in [1.165, 1.54) is 17.4 Å². The van der Waals surface area contributed by atoms with E-state index in [1.54, 1.807) is 0 Å². The molecule has 4 nitrogen and oxygen atoms in total. The Balaban J connectivity index is 2.13. The van der Waals surface area contributed by atoms with Crippen molar-refractivity contribution in [1.82, 2.24) is 0 Å². The smallest absolute Gasteiger partial charge is 0.320 e. The Kier molecular flexibility index (Phi) is 9.50. The van der Waals surface area contributed by atoms with Crippen LogP contribution in [-0.2, 0) is 11.8 Å². The summed E-state index contributed by atoms with van der Waals surface area (Å²) >= 11 is 0.709. The van der Waals surface area contributed by atoms with Crippen LogP contribution in [0.15, 0.2) is 54.6 Å². The minimum absolute atomic E-state index is 0.424. The summed E-state index contributed by atoms with van der Waals surface area (Å²) in [5, 5.41) is 1.48. The van der Waals surface area contributed by atoms with Crippen molar-refractivity contribution in [1.29, 1.82) is 0 Å². The summed E-state index contributed by atoms with van der Waals surface area (Å²) in [6.07, 6.45) is -20.2. The maximum absolute atomic E-state index is 15.3. The Morgan fingerprint density at radius 3 is 1.82 bits per heavy atom. The van der Waals surface area contributed by atoms with Crippen LogP contribution in [0.25, 0.3) is 0 Å². The first kappa shape index (κ1) is 35.8. The number of benzene rings is 3. The van der Waals surface area contributed by atoms with Crippen molar-refractivity contribution in [2.75, 3.05) is 17.3 Å². The molecule has 0 saturated carbocycles. The minimum Gasteiger partial charge on any atom is -0.320 e. The predicted octanol–water partition coefficient (Wildman–Crippen LogP) is 9.04. The van der Waals surface area contributed by atoms with Gasteiger partial charge in [-0.3, -0.25) is 9.59 Å². The normalized spacial score (nSPS) is 14.1. The van der Waals surface area contributed by atoms with Gasteiger partial charge in [0, 0.05) is 16.2 Å². The van der Waals surface area contributed by atoms with Crippen LogP contribution in [0.4, 0.5) is 72.8 Å². The van der Waals surface area contributed by atoms with Crippen molar-refractivity contribution in [2.24, 2.45) is 0 Å². The number of hydrogen-bond acceptors (Lipinski definition) is 2. The lowest BCUT2D eigenvalue weighted by molar-refractivity contribution is -0.389. The third-order valence-corrected chi connectivity index (χ3v) is 7.06. The third kappa shape index (κ3) is 6.39. The second-order valence-corrected chi connectivity index (χ2v) is 10.2. The summed E-state index contributed by atoms with van der Waals surface area (Å²) in [6, 6.07) is 5.52. The number of rotatable bonds is 6. The quantitative estimate of drug-likeness (QED) is 0.201. The standard InChI is InChI=1S/C26H13F14IN2O2/c1-43(21(45)12-5-2-3-7-15(12)27)17-8-4-6-13(18(17)28)20(44)42-19-14(23(30,31)32)9-11(10-16(19)41)22(29,25(35,36)37)24(33,34)26(38,39)40/h2-10H,1H3,(H,42,44). The molecule has 1 atom stereocenters. The van der Waals surface area contributed by atoms with Crippen LogP contribution < -0.4 is 10.2 Å². The van der Waals surface area contributed by atoms with E-state index in [0.29, 0.717) is 33.6 Å². The van der Waals surface area contributed by atoms with Gasteiger partial charge in [0.1, 0.15) is 5.82 Å². The second kappa shape index (κ2) is 11.9. The van der Waals surface area contributed by atoms with Gasteiger partial charge >= 0.3 is 30.1 Å². The van der Waals surface area contributed by atoms with Gasteiger partial charge in [0.05, 0.1) is 28.1 Å². The first-order chi connectivity index (χ1) is 20.4. The van der Waals surface area contributed by atoms with Gasteiger partial charge < -0.3 is 10.2 Å². The molecule has 45 heavy (non-hydrogen) atoms. The number of nitrogens with zero attached hydrogens (tertiary/aromatic N) is 1. The molecular formula is C26H13F14IN2O2. The van der Waals surface area contributed by atoms with Gasteiger partial charge in [-0.25, -0.2) is 13.2 Å². The van der Waals surface area contributed by atoms with Crippen LogP contribution in [0, 0.1) is 15.2 Å². The first-order valence-electron chi connectivity index (χ1n) is 11.6. The monoisotopic (exact) mass is 778 g/mol. The zero-order valence-electron chi connectivity index (χ0n) is 21.6. The molecule has 0 aliphatic heterocycles. The van der Waals surface area contributed by atoms with Crippen molar-refractivity contribution in [3.05, 3.63) is 92.1 Å². The minimum atomic E-state index is -7.29. The van der Waals surface area contributed by atoms with E-state index in [1.807, 2.05) is 0 Å². The van der Waals surface area contributed by atoms with Crippen LogP contribution in [0.1, 0.15) is 31.8 Å². The molecule has 2 amide bonds. The molecule has 0 fully saturated rings. The number of carbonyl (C=O) groups excluding carboxylic acids is 2. The van der Waals surface area contributed by atoms with Crippen molar-refractivity contribution in [3.8, 4) is 0 Å². The van der Waals surface area contributed by atoms with Gasteiger partial charge in [-0.1, -0.05) is 18.2 Å². The average molecular weight is 778 g/mol. The van der Waals surface area contributed by atoms with Gasteiger partial charge in [0.2, 0.25) is 0 Å². The van der Waals surface area contributed by atoms with E-state index < -0.39 is 103 Å². The van der Waals surface area contributed by atoms with Gasteiger partial charge in [-0.15, -0.1) is 0 Å². The summed E-state index contributed by atoms with van der Waals surface area (Å²) in [6.45, 7) is 0. The number of nitrogens with one attached hydrogen (secondary N) is 1. The van der Waals surface area contributed by atoms with Crippen LogP contribution >= 0.6 is 22.6 Å². The molecule has 0 saturated heterocycles. The molecule has 1 N–H and O–H groups in total. The topological polar surface area (TPSA) is 49.4 Å². The van der Waals surface area contributed by atoms with E-state index in [4.69, 9.17) is 0 Å². The first-order valence-corrected chi connectivity index (χ1v) is 12.7. The highest BCUT2D eigenvalue weighted by molar-refractivity contribution is 14.1. The van der Waals surface area contributed by atoms with E-state index in [2.05, 4.69) is 0 Å². The van der Waals surface area contributed by atoms with E-state index in [9.17, 15) is 66.7 Å². The number of halogens is 15. The Hall–Kier alpha value is -3.65. The van der Waals surface area contributed by atoms with Crippen molar-refractivity contribution in [3.63, 3.8) is 0 Å².